The Labute approximate surface area is 126 Å². The SMILES string of the molecule is O=C(c1cnco1)N1CCC(c2ccn3nccc3n2)CC1. The standard InChI is InChI=1S/C15H15N5O2/c21-15(13-9-16-10-22-13)19-6-2-11(3-7-19)12-4-8-20-14(18-12)1-5-17-20/h1,4-5,8-11H,2-3,6-7H2. The predicted molar refractivity (Wildman–Crippen MR) is 77.4 cm³/mol. The minimum Gasteiger partial charge on any atom is -0.438 e. The number of oxazole rings is 1. The molecule has 0 spiro atoms. The van der Waals surface area contributed by atoms with Crippen molar-refractivity contribution in [1.82, 2.24) is 24.5 Å². The van der Waals surface area contributed by atoms with E-state index in [0.29, 0.717) is 24.8 Å². The van der Waals surface area contributed by atoms with E-state index in [2.05, 4.69) is 15.1 Å². The molecule has 1 aliphatic heterocycles. The lowest BCUT2D eigenvalue weighted by atomic mass is 9.93. The number of aromatic nitrogens is 4. The van der Waals surface area contributed by atoms with Crippen molar-refractivity contribution in [2.45, 2.75) is 18.8 Å². The summed E-state index contributed by atoms with van der Waals surface area (Å²) < 4.78 is 6.83. The van der Waals surface area contributed by atoms with Gasteiger partial charge in [0.15, 0.2) is 12.0 Å². The van der Waals surface area contributed by atoms with E-state index in [-0.39, 0.29) is 5.91 Å². The highest BCUT2D eigenvalue weighted by molar-refractivity contribution is 5.91. The van der Waals surface area contributed by atoms with Gasteiger partial charge in [-0.2, -0.15) is 5.10 Å². The van der Waals surface area contributed by atoms with E-state index >= 15 is 0 Å². The number of amides is 1. The first-order chi connectivity index (χ1) is 10.8. The Morgan fingerprint density at radius 1 is 1.27 bits per heavy atom. The molecule has 1 saturated heterocycles. The molecule has 4 heterocycles. The minimum atomic E-state index is -0.0878. The summed E-state index contributed by atoms with van der Waals surface area (Å²) in [7, 11) is 0. The molecule has 0 aliphatic carbocycles. The van der Waals surface area contributed by atoms with E-state index in [1.54, 1.807) is 10.7 Å². The van der Waals surface area contributed by atoms with E-state index < -0.39 is 0 Å². The number of carbonyl (C=O) groups excluding carboxylic acids is 1. The van der Waals surface area contributed by atoms with Gasteiger partial charge < -0.3 is 9.32 Å². The third-order valence-corrected chi connectivity index (χ3v) is 4.12. The Bertz CT molecular complexity index is 787. The summed E-state index contributed by atoms with van der Waals surface area (Å²) in [4.78, 5) is 22.5. The van der Waals surface area contributed by atoms with Crippen molar-refractivity contribution in [3.05, 3.63) is 48.6 Å². The summed E-state index contributed by atoms with van der Waals surface area (Å²) >= 11 is 0. The van der Waals surface area contributed by atoms with Gasteiger partial charge >= 0.3 is 0 Å². The maximum absolute atomic E-state index is 12.2. The van der Waals surface area contributed by atoms with Crippen LogP contribution in [0.15, 0.2) is 41.5 Å². The maximum atomic E-state index is 12.2. The van der Waals surface area contributed by atoms with Gasteiger partial charge in [0.1, 0.15) is 0 Å². The van der Waals surface area contributed by atoms with Crippen LogP contribution in [-0.2, 0) is 0 Å². The van der Waals surface area contributed by atoms with Crippen LogP contribution < -0.4 is 0 Å². The molecule has 1 aliphatic rings. The van der Waals surface area contributed by atoms with Gasteiger partial charge in [-0.25, -0.2) is 14.5 Å². The Morgan fingerprint density at radius 2 is 2.14 bits per heavy atom. The molecule has 3 aromatic heterocycles. The van der Waals surface area contributed by atoms with Crippen LogP contribution in [-0.4, -0.2) is 43.5 Å². The monoisotopic (exact) mass is 297 g/mol. The highest BCUT2D eigenvalue weighted by Crippen LogP contribution is 2.27. The lowest BCUT2D eigenvalue weighted by Crippen LogP contribution is -2.37. The van der Waals surface area contributed by atoms with Gasteiger partial charge in [0.25, 0.3) is 5.91 Å². The molecule has 7 nitrogen and oxygen atoms in total. The fourth-order valence-electron chi connectivity index (χ4n) is 2.91. The topological polar surface area (TPSA) is 76.5 Å². The predicted octanol–water partition coefficient (Wildman–Crippen LogP) is 1.74. The second kappa shape index (κ2) is 5.25. The van der Waals surface area contributed by atoms with Crippen molar-refractivity contribution in [3.63, 3.8) is 0 Å². The average molecular weight is 297 g/mol. The zero-order valence-corrected chi connectivity index (χ0v) is 11.9. The van der Waals surface area contributed by atoms with Crippen LogP contribution in [0, 0.1) is 0 Å². The highest BCUT2D eigenvalue weighted by atomic mass is 16.3. The minimum absolute atomic E-state index is 0.0878. The fourth-order valence-corrected chi connectivity index (χ4v) is 2.91. The van der Waals surface area contributed by atoms with Crippen LogP contribution in [0.3, 0.4) is 0 Å². The fraction of sp³-hybridized carbons (Fsp3) is 0.333. The number of carbonyl (C=O) groups is 1. The first kappa shape index (κ1) is 13.0. The van der Waals surface area contributed by atoms with Crippen molar-refractivity contribution in [2.75, 3.05) is 13.1 Å². The molecule has 0 N–H and O–H groups in total. The zero-order chi connectivity index (χ0) is 14.9. The third-order valence-electron chi connectivity index (χ3n) is 4.12. The van der Waals surface area contributed by atoms with Crippen molar-refractivity contribution >= 4 is 11.6 Å². The summed E-state index contributed by atoms with van der Waals surface area (Å²) in [5, 5.41) is 4.15. The summed E-state index contributed by atoms with van der Waals surface area (Å²) in [5.41, 5.74) is 1.93. The number of hydrogen-bond acceptors (Lipinski definition) is 5. The van der Waals surface area contributed by atoms with Crippen LogP contribution in [0.25, 0.3) is 5.65 Å². The average Bonchev–Trinajstić information content (AvgIpc) is 3.25. The first-order valence-corrected chi connectivity index (χ1v) is 7.29. The molecule has 7 heteroatoms. The van der Waals surface area contributed by atoms with Gasteiger partial charge in [-0.3, -0.25) is 4.79 Å². The van der Waals surface area contributed by atoms with Gasteiger partial charge in [-0.15, -0.1) is 0 Å². The largest absolute Gasteiger partial charge is 0.438 e. The van der Waals surface area contributed by atoms with E-state index in [1.807, 2.05) is 23.2 Å². The molecule has 112 valence electrons. The van der Waals surface area contributed by atoms with Gasteiger partial charge in [0, 0.05) is 37.0 Å². The summed E-state index contributed by atoms with van der Waals surface area (Å²) in [6.07, 6.45) is 8.22. The number of piperidine rings is 1. The van der Waals surface area contributed by atoms with E-state index in [4.69, 9.17) is 4.42 Å². The van der Waals surface area contributed by atoms with E-state index in [0.717, 1.165) is 24.2 Å². The normalized spacial score (nSPS) is 16.3. The third kappa shape index (κ3) is 2.24. The van der Waals surface area contributed by atoms with E-state index in [9.17, 15) is 4.79 Å². The van der Waals surface area contributed by atoms with Crippen LogP contribution >= 0.6 is 0 Å². The summed E-state index contributed by atoms with van der Waals surface area (Å²) in [5.74, 6) is 0.589. The second-order valence-electron chi connectivity index (χ2n) is 5.42. The number of rotatable bonds is 2. The van der Waals surface area contributed by atoms with Crippen molar-refractivity contribution in [3.8, 4) is 0 Å². The van der Waals surface area contributed by atoms with Crippen LogP contribution in [0.5, 0.6) is 0 Å². The molecule has 3 aromatic rings. The highest BCUT2D eigenvalue weighted by Gasteiger charge is 2.26. The molecule has 1 amide bonds. The lowest BCUT2D eigenvalue weighted by Gasteiger charge is -2.31. The molecule has 0 bridgehead atoms. The number of likely N-dealkylation sites (tertiary alicyclic amines) is 1. The molecule has 0 saturated carbocycles. The van der Waals surface area contributed by atoms with Gasteiger partial charge in [0.2, 0.25) is 5.76 Å². The van der Waals surface area contributed by atoms with E-state index in [1.165, 1.54) is 12.6 Å². The Kier molecular flexibility index (Phi) is 3.10. The first-order valence-electron chi connectivity index (χ1n) is 7.29. The van der Waals surface area contributed by atoms with Crippen LogP contribution in [0.2, 0.25) is 0 Å². The molecule has 0 atom stereocenters. The molecular formula is C15H15N5O2. The number of fused-ring (bicyclic) bond motifs is 1. The maximum Gasteiger partial charge on any atom is 0.291 e. The van der Waals surface area contributed by atoms with Crippen molar-refractivity contribution in [2.24, 2.45) is 0 Å². The zero-order valence-electron chi connectivity index (χ0n) is 11.9. The van der Waals surface area contributed by atoms with Crippen LogP contribution in [0.1, 0.15) is 35.0 Å². The Morgan fingerprint density at radius 3 is 2.91 bits per heavy atom. The van der Waals surface area contributed by atoms with Crippen molar-refractivity contribution < 1.29 is 9.21 Å². The van der Waals surface area contributed by atoms with Gasteiger partial charge in [-0.1, -0.05) is 0 Å². The lowest BCUT2D eigenvalue weighted by molar-refractivity contribution is 0.0680. The summed E-state index contributed by atoms with van der Waals surface area (Å²) in [6.45, 7) is 1.41. The number of hydrogen-bond donors (Lipinski definition) is 0. The van der Waals surface area contributed by atoms with Gasteiger partial charge in [0.05, 0.1) is 12.4 Å². The molecule has 1 fully saturated rings. The molecule has 0 aromatic carbocycles. The molecule has 22 heavy (non-hydrogen) atoms. The Hall–Kier alpha value is -2.70. The number of nitrogens with zero attached hydrogens (tertiary/aromatic N) is 5. The smallest absolute Gasteiger partial charge is 0.291 e. The van der Waals surface area contributed by atoms with Crippen molar-refractivity contribution in [1.29, 1.82) is 0 Å². The molecule has 4 rings (SSSR count). The quantitative estimate of drug-likeness (QED) is 0.720. The molecular weight excluding hydrogens is 282 g/mol. The molecule has 0 unspecified atom stereocenters. The molecule has 0 radical (unpaired) electrons. The second-order valence-corrected chi connectivity index (χ2v) is 5.42. The van der Waals surface area contributed by atoms with Crippen LogP contribution in [0.4, 0.5) is 0 Å². The summed E-state index contributed by atoms with van der Waals surface area (Å²) in [6, 6.07) is 3.91. The van der Waals surface area contributed by atoms with Gasteiger partial charge in [-0.05, 0) is 18.9 Å². The Balaban J connectivity index is 1.46.